The molecule has 1 rings (SSSR count). The second-order valence-electron chi connectivity index (χ2n) is 3.03. The SMILES string of the molecule is CCC[C@@H](C)Oc1ccccc1. The molecule has 1 aromatic rings. The van der Waals surface area contributed by atoms with Crippen molar-refractivity contribution in [3.05, 3.63) is 30.3 Å². The second-order valence-corrected chi connectivity index (χ2v) is 3.03. The first-order valence-corrected chi connectivity index (χ1v) is 4.54. The van der Waals surface area contributed by atoms with Crippen molar-refractivity contribution in [3.8, 4) is 5.75 Å². The van der Waals surface area contributed by atoms with Gasteiger partial charge in [-0.3, -0.25) is 0 Å². The number of hydrogen-bond donors (Lipinski definition) is 0. The summed E-state index contributed by atoms with van der Waals surface area (Å²) in [6, 6.07) is 9.97. The average molecular weight is 164 g/mol. The highest BCUT2D eigenvalue weighted by Crippen LogP contribution is 2.12. The lowest BCUT2D eigenvalue weighted by Gasteiger charge is -2.12. The van der Waals surface area contributed by atoms with E-state index in [0.29, 0.717) is 6.10 Å². The van der Waals surface area contributed by atoms with E-state index >= 15 is 0 Å². The van der Waals surface area contributed by atoms with Crippen LogP contribution in [-0.2, 0) is 0 Å². The molecule has 0 aliphatic heterocycles. The summed E-state index contributed by atoms with van der Waals surface area (Å²) in [5, 5.41) is 0. The largest absolute Gasteiger partial charge is 0.491 e. The molecule has 0 saturated carbocycles. The molecule has 0 N–H and O–H groups in total. The van der Waals surface area contributed by atoms with Crippen LogP contribution in [0.4, 0.5) is 0 Å². The van der Waals surface area contributed by atoms with Crippen molar-refractivity contribution >= 4 is 0 Å². The van der Waals surface area contributed by atoms with Crippen molar-refractivity contribution in [2.24, 2.45) is 0 Å². The predicted molar refractivity (Wildman–Crippen MR) is 51.4 cm³/mol. The fourth-order valence-corrected chi connectivity index (χ4v) is 1.20. The molecule has 0 aliphatic carbocycles. The van der Waals surface area contributed by atoms with Crippen LogP contribution in [0.3, 0.4) is 0 Å². The highest BCUT2D eigenvalue weighted by atomic mass is 16.5. The highest BCUT2D eigenvalue weighted by molar-refractivity contribution is 5.21. The van der Waals surface area contributed by atoms with E-state index < -0.39 is 0 Å². The topological polar surface area (TPSA) is 9.23 Å². The summed E-state index contributed by atoms with van der Waals surface area (Å²) in [6.45, 7) is 4.28. The Morgan fingerprint density at radius 2 is 1.92 bits per heavy atom. The van der Waals surface area contributed by atoms with Gasteiger partial charge in [-0.15, -0.1) is 0 Å². The van der Waals surface area contributed by atoms with Gasteiger partial charge in [0.25, 0.3) is 0 Å². The monoisotopic (exact) mass is 164 g/mol. The third-order valence-electron chi connectivity index (χ3n) is 1.78. The van der Waals surface area contributed by atoms with Crippen molar-refractivity contribution in [2.75, 3.05) is 0 Å². The maximum absolute atomic E-state index is 5.65. The zero-order chi connectivity index (χ0) is 8.81. The van der Waals surface area contributed by atoms with Gasteiger partial charge in [0.15, 0.2) is 0 Å². The summed E-state index contributed by atoms with van der Waals surface area (Å²) in [5.74, 6) is 0.971. The fraction of sp³-hybridized carbons (Fsp3) is 0.455. The van der Waals surface area contributed by atoms with E-state index in [-0.39, 0.29) is 0 Å². The van der Waals surface area contributed by atoms with E-state index in [4.69, 9.17) is 4.74 Å². The lowest BCUT2D eigenvalue weighted by Crippen LogP contribution is -2.10. The molecule has 1 heteroatoms. The Kier molecular flexibility index (Phi) is 3.65. The van der Waals surface area contributed by atoms with Crippen molar-refractivity contribution in [1.82, 2.24) is 0 Å². The van der Waals surface area contributed by atoms with E-state index in [0.717, 1.165) is 12.2 Å². The van der Waals surface area contributed by atoms with Crippen LogP contribution >= 0.6 is 0 Å². The molecular weight excluding hydrogens is 148 g/mol. The van der Waals surface area contributed by atoms with Crippen molar-refractivity contribution in [1.29, 1.82) is 0 Å². The molecule has 0 bridgehead atoms. The first-order chi connectivity index (χ1) is 5.83. The van der Waals surface area contributed by atoms with Crippen LogP contribution in [0.15, 0.2) is 30.3 Å². The van der Waals surface area contributed by atoms with Crippen LogP contribution in [0.5, 0.6) is 5.75 Å². The van der Waals surface area contributed by atoms with Crippen LogP contribution in [0.1, 0.15) is 26.7 Å². The number of benzene rings is 1. The molecule has 0 saturated heterocycles. The number of para-hydroxylation sites is 1. The maximum Gasteiger partial charge on any atom is 0.119 e. The maximum atomic E-state index is 5.65. The Balaban J connectivity index is 2.41. The van der Waals surface area contributed by atoms with Gasteiger partial charge in [0, 0.05) is 0 Å². The minimum absolute atomic E-state index is 0.331. The van der Waals surface area contributed by atoms with Gasteiger partial charge < -0.3 is 4.74 Å². The summed E-state index contributed by atoms with van der Waals surface area (Å²) in [5.41, 5.74) is 0. The molecule has 0 heterocycles. The highest BCUT2D eigenvalue weighted by Gasteiger charge is 2.00. The van der Waals surface area contributed by atoms with Gasteiger partial charge in [-0.25, -0.2) is 0 Å². The van der Waals surface area contributed by atoms with Crippen LogP contribution < -0.4 is 4.74 Å². The lowest BCUT2D eigenvalue weighted by atomic mass is 10.2. The van der Waals surface area contributed by atoms with Gasteiger partial charge in [0.1, 0.15) is 5.75 Å². The smallest absolute Gasteiger partial charge is 0.119 e. The summed E-state index contributed by atoms with van der Waals surface area (Å²) < 4.78 is 5.65. The predicted octanol–water partition coefficient (Wildman–Crippen LogP) is 3.25. The van der Waals surface area contributed by atoms with Gasteiger partial charge in [-0.2, -0.15) is 0 Å². The van der Waals surface area contributed by atoms with Crippen molar-refractivity contribution < 1.29 is 4.74 Å². The van der Waals surface area contributed by atoms with Crippen LogP contribution in [0.2, 0.25) is 0 Å². The summed E-state index contributed by atoms with van der Waals surface area (Å²) in [6.07, 6.45) is 2.63. The van der Waals surface area contributed by atoms with E-state index in [2.05, 4.69) is 13.8 Å². The van der Waals surface area contributed by atoms with E-state index in [1.165, 1.54) is 6.42 Å². The summed E-state index contributed by atoms with van der Waals surface area (Å²) in [4.78, 5) is 0. The molecule has 0 fully saturated rings. The van der Waals surface area contributed by atoms with E-state index in [1.807, 2.05) is 30.3 Å². The molecule has 0 aromatic heterocycles. The minimum Gasteiger partial charge on any atom is -0.491 e. The lowest BCUT2D eigenvalue weighted by molar-refractivity contribution is 0.210. The van der Waals surface area contributed by atoms with Crippen LogP contribution in [-0.4, -0.2) is 6.10 Å². The summed E-state index contributed by atoms with van der Waals surface area (Å²) in [7, 11) is 0. The molecule has 1 aromatic carbocycles. The zero-order valence-corrected chi connectivity index (χ0v) is 7.79. The number of rotatable bonds is 4. The number of hydrogen-bond acceptors (Lipinski definition) is 1. The molecule has 0 spiro atoms. The Bertz CT molecular complexity index is 206. The zero-order valence-electron chi connectivity index (χ0n) is 7.79. The van der Waals surface area contributed by atoms with E-state index in [9.17, 15) is 0 Å². The van der Waals surface area contributed by atoms with Crippen molar-refractivity contribution in [3.63, 3.8) is 0 Å². The molecular formula is C11H16O. The van der Waals surface area contributed by atoms with Gasteiger partial charge in [0.2, 0.25) is 0 Å². The quantitative estimate of drug-likeness (QED) is 0.663. The van der Waals surface area contributed by atoms with Crippen LogP contribution in [0.25, 0.3) is 0 Å². The molecule has 0 aliphatic rings. The van der Waals surface area contributed by atoms with Crippen LogP contribution in [0, 0.1) is 0 Å². The Morgan fingerprint density at radius 1 is 1.25 bits per heavy atom. The third-order valence-corrected chi connectivity index (χ3v) is 1.78. The van der Waals surface area contributed by atoms with Gasteiger partial charge in [-0.1, -0.05) is 31.5 Å². The first-order valence-electron chi connectivity index (χ1n) is 4.54. The molecule has 12 heavy (non-hydrogen) atoms. The Morgan fingerprint density at radius 3 is 2.50 bits per heavy atom. The van der Waals surface area contributed by atoms with E-state index in [1.54, 1.807) is 0 Å². The molecule has 0 unspecified atom stereocenters. The molecule has 0 radical (unpaired) electrons. The minimum atomic E-state index is 0.331. The molecule has 0 amide bonds. The third kappa shape index (κ3) is 2.95. The average Bonchev–Trinajstić information content (AvgIpc) is 2.06. The van der Waals surface area contributed by atoms with Crippen molar-refractivity contribution in [2.45, 2.75) is 32.8 Å². The molecule has 1 nitrogen and oxygen atoms in total. The Hall–Kier alpha value is -0.980. The standard InChI is InChI=1S/C11H16O/c1-3-7-10(2)12-11-8-5-4-6-9-11/h4-6,8-10H,3,7H2,1-2H3/t10-/m1/s1. The van der Waals surface area contributed by atoms with Gasteiger partial charge >= 0.3 is 0 Å². The first kappa shape index (κ1) is 9.11. The fourth-order valence-electron chi connectivity index (χ4n) is 1.20. The van der Waals surface area contributed by atoms with Gasteiger partial charge in [-0.05, 0) is 25.5 Å². The number of ether oxygens (including phenoxy) is 1. The molecule has 1 atom stereocenters. The normalized spacial score (nSPS) is 12.5. The Labute approximate surface area is 74.4 Å². The van der Waals surface area contributed by atoms with Gasteiger partial charge in [0.05, 0.1) is 6.10 Å². The second kappa shape index (κ2) is 4.81. The molecule has 66 valence electrons. The summed E-state index contributed by atoms with van der Waals surface area (Å²) >= 11 is 0.